The molecular formula is C15H22N2O5. The highest BCUT2D eigenvalue weighted by Crippen LogP contribution is 2.17. The molecule has 0 heterocycles. The van der Waals surface area contributed by atoms with Crippen molar-refractivity contribution >= 4 is 12.3 Å². The lowest BCUT2D eigenvalue weighted by molar-refractivity contribution is 0.0129. The van der Waals surface area contributed by atoms with Crippen molar-refractivity contribution in [2.45, 2.75) is 38.6 Å². The van der Waals surface area contributed by atoms with E-state index in [0.717, 1.165) is 0 Å². The molecule has 0 aromatic heterocycles. The fourth-order valence-electron chi connectivity index (χ4n) is 1.73. The van der Waals surface area contributed by atoms with E-state index in [1.165, 1.54) is 6.21 Å². The number of nitrogens with one attached hydrogen (secondary N) is 1. The molecule has 2 atom stereocenters. The van der Waals surface area contributed by atoms with Crippen LogP contribution in [0.5, 0.6) is 0 Å². The number of benzene rings is 1. The van der Waals surface area contributed by atoms with Gasteiger partial charge < -0.3 is 25.5 Å². The van der Waals surface area contributed by atoms with Gasteiger partial charge in [-0.2, -0.15) is 0 Å². The summed E-state index contributed by atoms with van der Waals surface area (Å²) in [4.78, 5) is 11.5. The lowest BCUT2D eigenvalue weighted by atomic mass is 10.0. The topological polar surface area (TPSA) is 111 Å². The first-order valence-corrected chi connectivity index (χ1v) is 6.83. The van der Waals surface area contributed by atoms with Crippen LogP contribution >= 0.6 is 0 Å². The Morgan fingerprint density at radius 2 is 2.09 bits per heavy atom. The molecule has 4 N–H and O–H groups in total. The average molecular weight is 310 g/mol. The van der Waals surface area contributed by atoms with E-state index in [1.807, 2.05) is 0 Å². The largest absolute Gasteiger partial charge is 0.444 e. The standard InChI is InChI=1S/C15H22N2O5/c1-15(2,3)22-14(20)16-9-12(18)13(19)11-6-4-5-10(7-11)8-17-21/h4-8,12-13,18-19,21H,9H2,1-3H3,(H,16,20). The van der Waals surface area contributed by atoms with Crippen LogP contribution < -0.4 is 5.32 Å². The maximum Gasteiger partial charge on any atom is 0.407 e. The van der Waals surface area contributed by atoms with Crippen molar-refractivity contribution in [1.29, 1.82) is 0 Å². The van der Waals surface area contributed by atoms with Crippen LogP contribution in [-0.4, -0.2) is 46.0 Å². The quantitative estimate of drug-likeness (QED) is 0.373. The second-order valence-electron chi connectivity index (χ2n) is 5.81. The van der Waals surface area contributed by atoms with Gasteiger partial charge in [0.25, 0.3) is 0 Å². The van der Waals surface area contributed by atoms with Crippen LogP contribution in [0.1, 0.15) is 38.0 Å². The molecule has 122 valence electrons. The number of aliphatic hydroxyl groups is 2. The molecule has 7 nitrogen and oxygen atoms in total. The molecule has 0 radical (unpaired) electrons. The number of carbonyl (C=O) groups is 1. The number of amides is 1. The van der Waals surface area contributed by atoms with Crippen LogP contribution in [0.2, 0.25) is 0 Å². The normalized spacial score (nSPS) is 14.6. The fourth-order valence-corrected chi connectivity index (χ4v) is 1.73. The first kappa shape index (κ1) is 17.9. The molecule has 2 unspecified atom stereocenters. The maximum atomic E-state index is 11.5. The summed E-state index contributed by atoms with van der Waals surface area (Å²) < 4.78 is 5.04. The zero-order valence-electron chi connectivity index (χ0n) is 12.9. The molecule has 22 heavy (non-hydrogen) atoms. The second-order valence-corrected chi connectivity index (χ2v) is 5.81. The minimum atomic E-state index is -1.20. The van der Waals surface area contributed by atoms with Crippen molar-refractivity contribution in [3.05, 3.63) is 35.4 Å². The van der Waals surface area contributed by atoms with E-state index in [-0.39, 0.29) is 6.54 Å². The van der Waals surface area contributed by atoms with Crippen molar-refractivity contribution in [3.63, 3.8) is 0 Å². The van der Waals surface area contributed by atoms with Gasteiger partial charge in [0.15, 0.2) is 0 Å². The number of ether oxygens (including phenoxy) is 1. The zero-order valence-corrected chi connectivity index (χ0v) is 12.9. The molecule has 7 heteroatoms. The Labute approximate surface area is 129 Å². The van der Waals surface area contributed by atoms with Gasteiger partial charge in [-0.05, 0) is 38.0 Å². The molecule has 0 spiro atoms. The van der Waals surface area contributed by atoms with E-state index in [1.54, 1.807) is 45.0 Å². The second kappa shape index (κ2) is 7.77. The molecule has 1 rings (SSSR count). The minimum absolute atomic E-state index is 0.158. The first-order chi connectivity index (χ1) is 10.2. The van der Waals surface area contributed by atoms with E-state index >= 15 is 0 Å². The van der Waals surface area contributed by atoms with Crippen LogP contribution in [0.3, 0.4) is 0 Å². The van der Waals surface area contributed by atoms with Crippen molar-refractivity contribution in [2.75, 3.05) is 6.54 Å². The number of hydrogen-bond acceptors (Lipinski definition) is 6. The third-order valence-electron chi connectivity index (χ3n) is 2.68. The molecule has 1 amide bonds. The molecule has 1 aromatic carbocycles. The Morgan fingerprint density at radius 1 is 1.41 bits per heavy atom. The summed E-state index contributed by atoms with van der Waals surface area (Å²) in [5.41, 5.74) is 0.383. The molecule has 1 aromatic rings. The smallest absolute Gasteiger partial charge is 0.407 e. The van der Waals surface area contributed by atoms with Crippen LogP contribution in [0.4, 0.5) is 4.79 Å². The fraction of sp³-hybridized carbons (Fsp3) is 0.467. The molecule has 0 saturated carbocycles. The summed E-state index contributed by atoms with van der Waals surface area (Å²) in [7, 11) is 0. The highest BCUT2D eigenvalue weighted by atomic mass is 16.6. The molecular weight excluding hydrogens is 288 g/mol. The van der Waals surface area contributed by atoms with Gasteiger partial charge in [0, 0.05) is 6.54 Å². The average Bonchev–Trinajstić information content (AvgIpc) is 2.43. The summed E-state index contributed by atoms with van der Waals surface area (Å²) in [5, 5.41) is 33.8. The molecule has 0 bridgehead atoms. The Kier molecular flexibility index (Phi) is 6.33. The van der Waals surface area contributed by atoms with Crippen molar-refractivity contribution in [2.24, 2.45) is 5.16 Å². The van der Waals surface area contributed by atoms with Crippen molar-refractivity contribution in [1.82, 2.24) is 5.32 Å². The number of hydrogen-bond donors (Lipinski definition) is 4. The lowest BCUT2D eigenvalue weighted by Crippen LogP contribution is -2.38. The minimum Gasteiger partial charge on any atom is -0.444 e. The van der Waals surface area contributed by atoms with Crippen LogP contribution in [0.25, 0.3) is 0 Å². The van der Waals surface area contributed by atoms with E-state index in [4.69, 9.17) is 9.94 Å². The molecule has 0 aliphatic heterocycles. The van der Waals surface area contributed by atoms with E-state index < -0.39 is 23.9 Å². The SMILES string of the molecule is CC(C)(C)OC(=O)NCC(O)C(O)c1cccc(C=NO)c1. The number of alkyl carbamates (subject to hydrolysis) is 1. The van der Waals surface area contributed by atoms with Gasteiger partial charge in [-0.15, -0.1) is 0 Å². The Morgan fingerprint density at radius 3 is 2.68 bits per heavy atom. The number of aliphatic hydroxyl groups excluding tert-OH is 2. The number of rotatable bonds is 5. The van der Waals surface area contributed by atoms with Gasteiger partial charge in [0.2, 0.25) is 0 Å². The van der Waals surface area contributed by atoms with Crippen LogP contribution in [0.15, 0.2) is 29.4 Å². The molecule has 0 fully saturated rings. The zero-order chi connectivity index (χ0) is 16.8. The third kappa shape index (κ3) is 6.11. The number of carbonyl (C=O) groups excluding carboxylic acids is 1. The summed E-state index contributed by atoms with van der Waals surface area (Å²) in [6.45, 7) is 5.03. The third-order valence-corrected chi connectivity index (χ3v) is 2.68. The Hall–Kier alpha value is -2.12. The van der Waals surface area contributed by atoms with Gasteiger partial charge in [-0.1, -0.05) is 23.4 Å². The van der Waals surface area contributed by atoms with Gasteiger partial charge in [-0.25, -0.2) is 4.79 Å². The maximum absolute atomic E-state index is 11.5. The highest BCUT2D eigenvalue weighted by Gasteiger charge is 2.21. The molecule has 0 aliphatic rings. The van der Waals surface area contributed by atoms with E-state index in [9.17, 15) is 15.0 Å². The number of nitrogens with zero attached hydrogens (tertiary/aromatic N) is 1. The van der Waals surface area contributed by atoms with Crippen LogP contribution in [0, 0.1) is 0 Å². The Balaban J connectivity index is 2.60. The highest BCUT2D eigenvalue weighted by molar-refractivity contribution is 5.79. The van der Waals surface area contributed by atoms with Gasteiger partial charge in [0.05, 0.1) is 6.21 Å². The van der Waals surface area contributed by atoms with Gasteiger partial charge in [-0.3, -0.25) is 0 Å². The Bertz CT molecular complexity index is 525. The van der Waals surface area contributed by atoms with Gasteiger partial charge >= 0.3 is 6.09 Å². The van der Waals surface area contributed by atoms with E-state index in [0.29, 0.717) is 11.1 Å². The van der Waals surface area contributed by atoms with E-state index in [2.05, 4.69) is 10.5 Å². The van der Waals surface area contributed by atoms with Crippen molar-refractivity contribution in [3.8, 4) is 0 Å². The first-order valence-electron chi connectivity index (χ1n) is 6.83. The van der Waals surface area contributed by atoms with Crippen molar-refractivity contribution < 1.29 is 25.0 Å². The summed E-state index contributed by atoms with van der Waals surface area (Å²) in [5.74, 6) is 0. The van der Waals surface area contributed by atoms with Gasteiger partial charge in [0.1, 0.15) is 17.8 Å². The summed E-state index contributed by atoms with van der Waals surface area (Å²) in [6.07, 6.45) is -1.85. The summed E-state index contributed by atoms with van der Waals surface area (Å²) in [6, 6.07) is 6.53. The molecule has 0 saturated heterocycles. The molecule has 0 aliphatic carbocycles. The van der Waals surface area contributed by atoms with Crippen LogP contribution in [-0.2, 0) is 4.74 Å². The monoisotopic (exact) mass is 310 g/mol. The predicted octanol–water partition coefficient (Wildman–Crippen LogP) is 1.41. The lowest BCUT2D eigenvalue weighted by Gasteiger charge is -2.22. The summed E-state index contributed by atoms with van der Waals surface area (Å²) >= 11 is 0. The predicted molar refractivity (Wildman–Crippen MR) is 81.0 cm³/mol. The number of oxime groups is 1.